The molecule has 3 N–H and O–H groups in total. The van der Waals surface area contributed by atoms with E-state index in [-0.39, 0.29) is 11.5 Å². The molecule has 112 valence electrons. The highest BCUT2D eigenvalue weighted by molar-refractivity contribution is 4.96. The second-order valence-corrected chi connectivity index (χ2v) is 7.78. The van der Waals surface area contributed by atoms with Crippen molar-refractivity contribution >= 4 is 0 Å². The number of aliphatic hydroxyl groups excluding tert-OH is 1. The Kier molecular flexibility index (Phi) is 4.59. The maximum absolute atomic E-state index is 10.8. The minimum absolute atomic E-state index is 0.0554. The van der Waals surface area contributed by atoms with Crippen molar-refractivity contribution in [3.63, 3.8) is 0 Å². The molecule has 0 radical (unpaired) electrons. The van der Waals surface area contributed by atoms with Gasteiger partial charge in [0.25, 0.3) is 0 Å². The molecule has 3 nitrogen and oxygen atoms in total. The van der Waals surface area contributed by atoms with Gasteiger partial charge in [0.05, 0.1) is 12.7 Å². The maximum atomic E-state index is 10.8. The zero-order valence-corrected chi connectivity index (χ0v) is 12.8. The molecule has 1 heterocycles. The molecular weight excluding hydrogens is 238 g/mol. The van der Waals surface area contributed by atoms with E-state index in [9.17, 15) is 5.11 Å². The zero-order valence-electron chi connectivity index (χ0n) is 12.8. The van der Waals surface area contributed by atoms with Gasteiger partial charge in [0.15, 0.2) is 0 Å². The van der Waals surface area contributed by atoms with Gasteiger partial charge in [-0.1, -0.05) is 20.8 Å². The van der Waals surface area contributed by atoms with Gasteiger partial charge < -0.3 is 15.6 Å². The Morgan fingerprint density at radius 2 is 1.89 bits per heavy atom. The molecule has 0 aromatic carbocycles. The molecule has 0 bridgehead atoms. The van der Waals surface area contributed by atoms with Crippen LogP contribution in [0.2, 0.25) is 0 Å². The van der Waals surface area contributed by atoms with E-state index in [0.717, 1.165) is 31.8 Å². The molecule has 1 saturated heterocycles. The average Bonchev–Trinajstić information content (AvgIpc) is 2.90. The van der Waals surface area contributed by atoms with Crippen molar-refractivity contribution in [3.8, 4) is 0 Å². The Balaban J connectivity index is 2.00. The van der Waals surface area contributed by atoms with Gasteiger partial charge in [-0.25, -0.2) is 0 Å². The first-order chi connectivity index (χ1) is 8.89. The van der Waals surface area contributed by atoms with E-state index in [1.54, 1.807) is 0 Å². The Morgan fingerprint density at radius 3 is 2.32 bits per heavy atom. The van der Waals surface area contributed by atoms with Crippen LogP contribution >= 0.6 is 0 Å². The molecule has 0 aromatic heterocycles. The molecule has 2 atom stereocenters. The third-order valence-electron chi connectivity index (χ3n) is 5.65. The predicted molar refractivity (Wildman–Crippen MR) is 77.8 cm³/mol. The van der Waals surface area contributed by atoms with Gasteiger partial charge in [-0.2, -0.15) is 0 Å². The van der Waals surface area contributed by atoms with Crippen molar-refractivity contribution in [3.05, 3.63) is 0 Å². The van der Waals surface area contributed by atoms with Gasteiger partial charge in [0.1, 0.15) is 0 Å². The Labute approximate surface area is 117 Å². The number of aliphatic hydroxyl groups is 1. The second-order valence-electron chi connectivity index (χ2n) is 7.78. The third kappa shape index (κ3) is 3.14. The monoisotopic (exact) mass is 269 g/mol. The molecular formula is C16H31NO2. The van der Waals surface area contributed by atoms with Crippen molar-refractivity contribution < 1.29 is 9.84 Å². The van der Waals surface area contributed by atoms with Crippen LogP contribution in [0.25, 0.3) is 0 Å². The Bertz CT molecular complexity index is 284. The summed E-state index contributed by atoms with van der Waals surface area (Å²) in [5.41, 5.74) is 6.38. The quantitative estimate of drug-likeness (QED) is 0.828. The summed E-state index contributed by atoms with van der Waals surface area (Å²) < 4.78 is 5.43. The fourth-order valence-corrected chi connectivity index (χ4v) is 3.98. The van der Waals surface area contributed by atoms with E-state index < -0.39 is 0 Å². The van der Waals surface area contributed by atoms with E-state index in [2.05, 4.69) is 20.8 Å². The summed E-state index contributed by atoms with van der Waals surface area (Å²) in [6.07, 6.45) is 5.26. The lowest BCUT2D eigenvalue weighted by Gasteiger charge is -2.47. The molecule has 2 aliphatic rings. The molecule has 1 aliphatic carbocycles. The minimum atomic E-state index is -0.277. The summed E-state index contributed by atoms with van der Waals surface area (Å²) in [6.45, 7) is 9.11. The Hall–Kier alpha value is -0.120. The van der Waals surface area contributed by atoms with Crippen molar-refractivity contribution in [2.75, 3.05) is 19.8 Å². The van der Waals surface area contributed by atoms with Crippen LogP contribution in [0.1, 0.15) is 52.9 Å². The highest BCUT2D eigenvalue weighted by Crippen LogP contribution is 2.48. The summed E-state index contributed by atoms with van der Waals surface area (Å²) in [7, 11) is 0. The first-order valence-electron chi connectivity index (χ1n) is 7.85. The van der Waals surface area contributed by atoms with Gasteiger partial charge in [-0.05, 0) is 43.4 Å². The summed E-state index contributed by atoms with van der Waals surface area (Å²) in [5.74, 6) is 1.06. The highest BCUT2D eigenvalue weighted by Gasteiger charge is 2.45. The van der Waals surface area contributed by atoms with E-state index in [1.165, 1.54) is 12.8 Å². The van der Waals surface area contributed by atoms with Gasteiger partial charge in [0, 0.05) is 24.5 Å². The maximum Gasteiger partial charge on any atom is 0.0659 e. The normalized spacial score (nSPS) is 38.4. The summed E-state index contributed by atoms with van der Waals surface area (Å²) in [4.78, 5) is 0. The molecule has 0 spiro atoms. The van der Waals surface area contributed by atoms with Crippen LogP contribution in [0.3, 0.4) is 0 Å². The van der Waals surface area contributed by atoms with E-state index in [0.29, 0.717) is 24.5 Å². The Morgan fingerprint density at radius 1 is 1.26 bits per heavy atom. The minimum Gasteiger partial charge on any atom is -0.392 e. The molecule has 2 rings (SSSR count). The topological polar surface area (TPSA) is 55.5 Å². The van der Waals surface area contributed by atoms with Gasteiger partial charge in [0.2, 0.25) is 0 Å². The largest absolute Gasteiger partial charge is 0.392 e. The van der Waals surface area contributed by atoms with Crippen LogP contribution in [-0.2, 0) is 4.74 Å². The predicted octanol–water partition coefficient (Wildman–Crippen LogP) is 2.57. The molecule has 19 heavy (non-hydrogen) atoms. The van der Waals surface area contributed by atoms with Gasteiger partial charge in [-0.3, -0.25) is 0 Å². The van der Waals surface area contributed by atoms with Crippen molar-refractivity contribution in [2.45, 2.75) is 59.0 Å². The smallest absolute Gasteiger partial charge is 0.0659 e. The second kappa shape index (κ2) is 5.71. The van der Waals surface area contributed by atoms with E-state index in [1.807, 2.05) is 0 Å². The molecule has 3 heteroatoms. The number of hydrogen-bond donors (Lipinski definition) is 2. The van der Waals surface area contributed by atoms with Crippen LogP contribution in [-0.4, -0.2) is 31.0 Å². The van der Waals surface area contributed by atoms with E-state index >= 15 is 0 Å². The molecule has 2 fully saturated rings. The zero-order chi connectivity index (χ0) is 14.1. The highest BCUT2D eigenvalue weighted by atomic mass is 16.5. The van der Waals surface area contributed by atoms with Gasteiger partial charge >= 0.3 is 0 Å². The first-order valence-corrected chi connectivity index (χ1v) is 7.85. The summed E-state index contributed by atoms with van der Waals surface area (Å²) in [6, 6.07) is 0. The number of rotatable bonds is 3. The SMILES string of the molecule is CC(C)(C)C1CCC(CN)(C(O)C2CCOC2)CC1. The molecule has 1 aliphatic heterocycles. The molecule has 2 unspecified atom stereocenters. The number of ether oxygens (including phenoxy) is 1. The molecule has 0 amide bonds. The number of hydrogen-bond acceptors (Lipinski definition) is 3. The van der Waals surface area contributed by atoms with Crippen molar-refractivity contribution in [1.29, 1.82) is 0 Å². The lowest BCUT2D eigenvalue weighted by atomic mass is 9.60. The van der Waals surface area contributed by atoms with Crippen LogP contribution < -0.4 is 5.73 Å². The first kappa shape index (κ1) is 15.3. The van der Waals surface area contributed by atoms with Crippen LogP contribution in [0.5, 0.6) is 0 Å². The standard InChI is InChI=1S/C16H31NO2/c1-15(2,3)13-4-7-16(11-17,8-5-13)14(18)12-6-9-19-10-12/h12-14,18H,4-11,17H2,1-3H3. The molecule has 0 aromatic rings. The van der Waals surface area contributed by atoms with Crippen LogP contribution in [0.4, 0.5) is 0 Å². The number of nitrogens with two attached hydrogens (primary N) is 1. The average molecular weight is 269 g/mol. The molecule has 1 saturated carbocycles. The van der Waals surface area contributed by atoms with Gasteiger partial charge in [-0.15, -0.1) is 0 Å². The summed E-state index contributed by atoms with van der Waals surface area (Å²) in [5, 5.41) is 10.8. The lowest BCUT2D eigenvalue weighted by molar-refractivity contribution is -0.0546. The van der Waals surface area contributed by atoms with Crippen LogP contribution in [0.15, 0.2) is 0 Å². The van der Waals surface area contributed by atoms with E-state index in [4.69, 9.17) is 10.5 Å². The van der Waals surface area contributed by atoms with Crippen molar-refractivity contribution in [1.82, 2.24) is 0 Å². The van der Waals surface area contributed by atoms with Crippen LogP contribution in [0, 0.1) is 22.7 Å². The summed E-state index contributed by atoms with van der Waals surface area (Å²) >= 11 is 0. The lowest BCUT2D eigenvalue weighted by Crippen LogP contribution is -2.49. The van der Waals surface area contributed by atoms with Crippen molar-refractivity contribution in [2.24, 2.45) is 28.4 Å². The third-order valence-corrected chi connectivity index (χ3v) is 5.65. The fourth-order valence-electron chi connectivity index (χ4n) is 3.98. The fraction of sp³-hybridized carbons (Fsp3) is 1.00.